The van der Waals surface area contributed by atoms with Crippen LogP contribution in [-0.2, 0) is 11.2 Å². The summed E-state index contributed by atoms with van der Waals surface area (Å²) in [7, 11) is 0. The monoisotopic (exact) mass is 341 g/mol. The van der Waals surface area contributed by atoms with E-state index in [1.54, 1.807) is 11.0 Å². The van der Waals surface area contributed by atoms with Crippen molar-refractivity contribution in [3.8, 4) is 0 Å². The van der Waals surface area contributed by atoms with Crippen LogP contribution in [0, 0.1) is 6.92 Å². The minimum absolute atomic E-state index is 0.0167. The van der Waals surface area contributed by atoms with E-state index in [0.717, 1.165) is 18.5 Å². The van der Waals surface area contributed by atoms with Gasteiger partial charge in [-0.25, -0.2) is 15.0 Å². The fraction of sp³-hybridized carbons (Fsp3) is 0.412. The third-order valence-electron chi connectivity index (χ3n) is 4.11. The molecular formula is C17H19N5O3. The predicted molar refractivity (Wildman–Crippen MR) is 87.8 cm³/mol. The van der Waals surface area contributed by atoms with Gasteiger partial charge in [0.25, 0.3) is 5.91 Å². The summed E-state index contributed by atoms with van der Waals surface area (Å²) in [5, 5.41) is 8.86. The summed E-state index contributed by atoms with van der Waals surface area (Å²) in [6, 6.07) is 1.56. The summed E-state index contributed by atoms with van der Waals surface area (Å²) in [5.74, 6) is -0.485. The van der Waals surface area contributed by atoms with Gasteiger partial charge in [0, 0.05) is 36.7 Å². The molecule has 0 radical (unpaired) electrons. The molecule has 0 aliphatic carbocycles. The Morgan fingerprint density at radius 1 is 1.32 bits per heavy atom. The molecule has 1 saturated heterocycles. The zero-order valence-corrected chi connectivity index (χ0v) is 13.9. The van der Waals surface area contributed by atoms with Gasteiger partial charge in [-0.05, 0) is 25.8 Å². The number of carbonyl (C=O) groups is 2. The van der Waals surface area contributed by atoms with E-state index in [2.05, 4.69) is 19.9 Å². The SMILES string of the molecule is Cc1cc(CCC(=O)O)nc([C@H]2CCCN2C(=O)c2cnccn2)n1. The van der Waals surface area contributed by atoms with E-state index in [0.29, 0.717) is 30.2 Å². The zero-order chi connectivity index (χ0) is 17.8. The van der Waals surface area contributed by atoms with Crippen molar-refractivity contribution in [2.75, 3.05) is 6.54 Å². The molecule has 1 aliphatic heterocycles. The van der Waals surface area contributed by atoms with E-state index in [9.17, 15) is 9.59 Å². The van der Waals surface area contributed by atoms with Crippen LogP contribution in [0.2, 0.25) is 0 Å². The van der Waals surface area contributed by atoms with Crippen molar-refractivity contribution >= 4 is 11.9 Å². The number of hydrogen-bond donors (Lipinski definition) is 1. The Hall–Kier alpha value is -2.90. The van der Waals surface area contributed by atoms with Gasteiger partial charge in [-0.3, -0.25) is 14.6 Å². The maximum absolute atomic E-state index is 12.7. The molecule has 8 heteroatoms. The number of hydrogen-bond acceptors (Lipinski definition) is 6. The average Bonchev–Trinajstić information content (AvgIpc) is 3.09. The second-order valence-electron chi connectivity index (χ2n) is 6.00. The minimum Gasteiger partial charge on any atom is -0.481 e. The van der Waals surface area contributed by atoms with Gasteiger partial charge in [0.1, 0.15) is 5.69 Å². The molecule has 25 heavy (non-hydrogen) atoms. The van der Waals surface area contributed by atoms with Gasteiger partial charge < -0.3 is 10.0 Å². The van der Waals surface area contributed by atoms with Crippen LogP contribution in [0.15, 0.2) is 24.7 Å². The van der Waals surface area contributed by atoms with E-state index in [1.807, 2.05) is 6.92 Å². The maximum atomic E-state index is 12.7. The summed E-state index contributed by atoms with van der Waals surface area (Å²) in [5.41, 5.74) is 1.75. The first kappa shape index (κ1) is 16.9. The number of likely N-dealkylation sites (tertiary alicyclic amines) is 1. The maximum Gasteiger partial charge on any atom is 0.303 e. The molecule has 0 saturated carbocycles. The Morgan fingerprint density at radius 3 is 2.88 bits per heavy atom. The van der Waals surface area contributed by atoms with Gasteiger partial charge in [-0.2, -0.15) is 0 Å². The molecule has 1 amide bonds. The number of aromatic nitrogens is 4. The van der Waals surface area contributed by atoms with E-state index < -0.39 is 5.97 Å². The molecule has 2 aromatic heterocycles. The van der Waals surface area contributed by atoms with E-state index >= 15 is 0 Å². The second kappa shape index (κ2) is 7.33. The van der Waals surface area contributed by atoms with E-state index in [-0.39, 0.29) is 18.4 Å². The average molecular weight is 341 g/mol. The van der Waals surface area contributed by atoms with Crippen LogP contribution in [0.1, 0.15) is 53.0 Å². The van der Waals surface area contributed by atoms with Crippen LogP contribution >= 0.6 is 0 Å². The van der Waals surface area contributed by atoms with Crippen molar-refractivity contribution in [1.29, 1.82) is 0 Å². The number of carboxylic acids is 1. The zero-order valence-electron chi connectivity index (χ0n) is 13.9. The summed E-state index contributed by atoms with van der Waals surface area (Å²) in [6.07, 6.45) is 6.46. The number of rotatable bonds is 5. The first-order valence-electron chi connectivity index (χ1n) is 8.18. The Kier molecular flexibility index (Phi) is 4.97. The lowest BCUT2D eigenvalue weighted by Gasteiger charge is -2.23. The highest BCUT2D eigenvalue weighted by Gasteiger charge is 2.33. The molecule has 1 N–H and O–H groups in total. The Balaban J connectivity index is 1.84. The van der Waals surface area contributed by atoms with Gasteiger partial charge in [-0.15, -0.1) is 0 Å². The van der Waals surface area contributed by atoms with Gasteiger partial charge in [0.15, 0.2) is 5.82 Å². The van der Waals surface area contributed by atoms with Crippen molar-refractivity contribution < 1.29 is 14.7 Å². The highest BCUT2D eigenvalue weighted by molar-refractivity contribution is 5.92. The standard InChI is InChI=1S/C17H19N5O3/c1-11-9-12(4-5-15(23)24)21-16(20-11)14-3-2-8-22(14)17(25)13-10-18-6-7-19-13/h6-7,9-10,14H,2-5,8H2,1H3,(H,23,24)/t14-/m1/s1. The molecule has 1 aliphatic rings. The van der Waals surface area contributed by atoms with Crippen molar-refractivity contribution in [2.24, 2.45) is 0 Å². The van der Waals surface area contributed by atoms with Gasteiger partial charge in [0.05, 0.1) is 18.7 Å². The first-order chi connectivity index (χ1) is 12.0. The lowest BCUT2D eigenvalue weighted by atomic mass is 10.1. The molecule has 1 atom stereocenters. The van der Waals surface area contributed by atoms with Gasteiger partial charge in [0.2, 0.25) is 0 Å². The number of amides is 1. The first-order valence-corrected chi connectivity index (χ1v) is 8.18. The number of aliphatic carboxylic acids is 1. The molecule has 0 spiro atoms. The molecule has 0 aromatic carbocycles. The fourth-order valence-corrected chi connectivity index (χ4v) is 3.01. The lowest BCUT2D eigenvalue weighted by molar-refractivity contribution is -0.136. The predicted octanol–water partition coefficient (Wildman–Crippen LogP) is 1.57. The summed E-state index contributed by atoms with van der Waals surface area (Å²) >= 11 is 0. The van der Waals surface area contributed by atoms with Crippen molar-refractivity contribution in [2.45, 2.75) is 38.6 Å². The fourth-order valence-electron chi connectivity index (χ4n) is 3.01. The number of nitrogens with zero attached hydrogens (tertiary/aromatic N) is 5. The van der Waals surface area contributed by atoms with E-state index in [4.69, 9.17) is 5.11 Å². The van der Waals surface area contributed by atoms with Crippen LogP contribution in [0.3, 0.4) is 0 Å². The van der Waals surface area contributed by atoms with Gasteiger partial charge >= 0.3 is 5.97 Å². The summed E-state index contributed by atoms with van der Waals surface area (Å²) in [6.45, 7) is 2.46. The molecule has 3 heterocycles. The summed E-state index contributed by atoms with van der Waals surface area (Å²) in [4.78, 5) is 42.2. The molecular weight excluding hydrogens is 322 g/mol. The van der Waals surface area contributed by atoms with Crippen LogP contribution in [-0.4, -0.2) is 48.4 Å². The molecule has 0 unspecified atom stereocenters. The third-order valence-corrected chi connectivity index (χ3v) is 4.11. The Labute approximate surface area is 145 Å². The van der Waals surface area contributed by atoms with Crippen molar-refractivity contribution in [1.82, 2.24) is 24.8 Å². The smallest absolute Gasteiger partial charge is 0.303 e. The Bertz CT molecular complexity index is 781. The lowest BCUT2D eigenvalue weighted by Crippen LogP contribution is -2.32. The van der Waals surface area contributed by atoms with Crippen LogP contribution < -0.4 is 0 Å². The number of aryl methyl sites for hydroxylation is 2. The Morgan fingerprint density at radius 2 is 2.16 bits per heavy atom. The van der Waals surface area contributed by atoms with Crippen LogP contribution in [0.5, 0.6) is 0 Å². The molecule has 3 rings (SSSR count). The molecule has 0 bridgehead atoms. The molecule has 8 nitrogen and oxygen atoms in total. The normalized spacial score (nSPS) is 16.8. The van der Waals surface area contributed by atoms with Crippen molar-refractivity contribution in [3.63, 3.8) is 0 Å². The van der Waals surface area contributed by atoms with Crippen molar-refractivity contribution in [3.05, 3.63) is 47.6 Å². The molecule has 1 fully saturated rings. The number of carboxylic acid groups (broad SMARTS) is 1. The third kappa shape index (κ3) is 3.96. The van der Waals surface area contributed by atoms with Gasteiger partial charge in [-0.1, -0.05) is 0 Å². The largest absolute Gasteiger partial charge is 0.481 e. The number of carbonyl (C=O) groups excluding carboxylic acids is 1. The summed E-state index contributed by atoms with van der Waals surface area (Å²) < 4.78 is 0. The highest BCUT2D eigenvalue weighted by atomic mass is 16.4. The topological polar surface area (TPSA) is 109 Å². The van der Waals surface area contributed by atoms with E-state index in [1.165, 1.54) is 18.6 Å². The second-order valence-corrected chi connectivity index (χ2v) is 6.00. The minimum atomic E-state index is -0.863. The van der Waals surface area contributed by atoms with Crippen LogP contribution in [0.25, 0.3) is 0 Å². The molecule has 2 aromatic rings. The van der Waals surface area contributed by atoms with Crippen LogP contribution in [0.4, 0.5) is 0 Å². The quantitative estimate of drug-likeness (QED) is 0.879. The highest BCUT2D eigenvalue weighted by Crippen LogP contribution is 2.31. The molecule has 130 valence electrons.